The molecule has 3 aromatic rings. The number of piperidine rings is 1. The zero-order valence-electron chi connectivity index (χ0n) is 18.5. The van der Waals surface area contributed by atoms with Gasteiger partial charge in [-0.25, -0.2) is 9.97 Å². The van der Waals surface area contributed by atoms with Gasteiger partial charge in [-0.05, 0) is 37.1 Å². The Kier molecular flexibility index (Phi) is 6.95. The van der Waals surface area contributed by atoms with Crippen molar-refractivity contribution in [3.63, 3.8) is 0 Å². The highest BCUT2D eigenvalue weighted by atomic mass is 16.5. The quantitative estimate of drug-likeness (QED) is 0.591. The van der Waals surface area contributed by atoms with E-state index in [4.69, 9.17) is 10.00 Å². The van der Waals surface area contributed by atoms with E-state index in [9.17, 15) is 9.59 Å². The van der Waals surface area contributed by atoms with E-state index in [-0.39, 0.29) is 23.9 Å². The number of hydrogen-bond donors (Lipinski definition) is 1. The monoisotopic (exact) mass is 446 g/mol. The van der Waals surface area contributed by atoms with Crippen LogP contribution in [0, 0.1) is 17.2 Å². The van der Waals surface area contributed by atoms with Crippen molar-refractivity contribution >= 4 is 22.6 Å². The number of para-hydroxylation sites is 1. The van der Waals surface area contributed by atoms with E-state index in [0.29, 0.717) is 61.4 Å². The molecule has 3 heterocycles. The number of rotatable bonds is 7. The molecule has 0 aliphatic carbocycles. The first-order valence-electron chi connectivity index (χ1n) is 11.0. The van der Waals surface area contributed by atoms with Crippen LogP contribution >= 0.6 is 0 Å². The third-order valence-electron chi connectivity index (χ3n) is 5.92. The van der Waals surface area contributed by atoms with E-state index >= 15 is 0 Å². The number of carbonyl (C=O) groups is 1. The summed E-state index contributed by atoms with van der Waals surface area (Å²) in [5.74, 6) is 1.19. The number of aromatic amines is 1. The van der Waals surface area contributed by atoms with Crippen LogP contribution in [0.15, 0.2) is 47.4 Å². The molecule has 0 bridgehead atoms. The molecular formula is C24H26N6O3. The Labute approximate surface area is 191 Å². The molecule has 0 unspecified atom stereocenters. The number of nitrogens with zero attached hydrogens (tertiary/aromatic N) is 5. The van der Waals surface area contributed by atoms with Gasteiger partial charge in [0.15, 0.2) is 0 Å². The smallest absolute Gasteiger partial charge is 0.258 e. The van der Waals surface area contributed by atoms with Crippen LogP contribution in [0.5, 0.6) is 0 Å². The maximum absolute atomic E-state index is 13.4. The topological polar surface area (TPSA) is 115 Å². The SMILES string of the molecule is COCCN(Cc1nc2ccccc2c(=O)[nH]1)C(=O)C1CCN(c2ccc(C#N)cn2)CC1. The van der Waals surface area contributed by atoms with Crippen LogP contribution in [0.25, 0.3) is 10.9 Å². The zero-order chi connectivity index (χ0) is 23.2. The van der Waals surface area contributed by atoms with E-state index in [1.54, 1.807) is 42.5 Å². The summed E-state index contributed by atoms with van der Waals surface area (Å²) >= 11 is 0. The standard InChI is InChI=1S/C24H26N6O3/c1-33-13-12-30(16-21-27-20-5-3-2-4-19(20)23(31)28-21)24(32)18-8-10-29(11-9-18)22-7-6-17(14-25)15-26-22/h2-7,15,18H,8-13,16H2,1H3,(H,27,28,31). The van der Waals surface area contributed by atoms with Gasteiger partial charge in [0.25, 0.3) is 5.56 Å². The number of anilines is 1. The van der Waals surface area contributed by atoms with Gasteiger partial charge in [0.05, 0.1) is 29.6 Å². The molecule has 9 heteroatoms. The summed E-state index contributed by atoms with van der Waals surface area (Å²) in [6, 6.07) is 12.8. The van der Waals surface area contributed by atoms with Crippen molar-refractivity contribution < 1.29 is 9.53 Å². The lowest BCUT2D eigenvalue weighted by molar-refractivity contribution is -0.137. The molecule has 1 amide bonds. The lowest BCUT2D eigenvalue weighted by atomic mass is 9.95. The van der Waals surface area contributed by atoms with Crippen LogP contribution in [0.1, 0.15) is 24.2 Å². The van der Waals surface area contributed by atoms with E-state index in [1.165, 1.54) is 0 Å². The molecule has 1 fully saturated rings. The van der Waals surface area contributed by atoms with Crippen molar-refractivity contribution in [2.24, 2.45) is 5.92 Å². The van der Waals surface area contributed by atoms with Crippen LogP contribution in [-0.2, 0) is 16.1 Å². The second-order valence-electron chi connectivity index (χ2n) is 8.06. The minimum Gasteiger partial charge on any atom is -0.383 e. The van der Waals surface area contributed by atoms with Crippen molar-refractivity contribution in [1.29, 1.82) is 5.26 Å². The van der Waals surface area contributed by atoms with Crippen molar-refractivity contribution in [2.75, 3.05) is 38.3 Å². The van der Waals surface area contributed by atoms with Gasteiger partial charge < -0.3 is 19.5 Å². The summed E-state index contributed by atoms with van der Waals surface area (Å²) in [5.41, 5.74) is 0.925. The molecular weight excluding hydrogens is 420 g/mol. The molecule has 1 N–H and O–H groups in total. The molecule has 0 spiro atoms. The molecule has 1 aliphatic heterocycles. The molecule has 0 atom stereocenters. The van der Waals surface area contributed by atoms with Gasteiger partial charge in [-0.2, -0.15) is 5.26 Å². The van der Waals surface area contributed by atoms with Gasteiger partial charge in [-0.1, -0.05) is 12.1 Å². The van der Waals surface area contributed by atoms with Gasteiger partial charge >= 0.3 is 0 Å². The molecule has 2 aromatic heterocycles. The first kappa shape index (κ1) is 22.4. The van der Waals surface area contributed by atoms with Gasteiger partial charge in [-0.15, -0.1) is 0 Å². The van der Waals surface area contributed by atoms with Gasteiger partial charge in [0.1, 0.15) is 17.7 Å². The van der Waals surface area contributed by atoms with Gasteiger partial charge in [0, 0.05) is 38.9 Å². The third-order valence-corrected chi connectivity index (χ3v) is 5.92. The average molecular weight is 447 g/mol. The molecule has 4 rings (SSSR count). The van der Waals surface area contributed by atoms with Gasteiger partial charge in [0.2, 0.25) is 5.91 Å². The van der Waals surface area contributed by atoms with Crippen molar-refractivity contribution in [3.05, 3.63) is 64.3 Å². The maximum atomic E-state index is 13.4. The fraction of sp³-hybridized carbons (Fsp3) is 0.375. The summed E-state index contributed by atoms with van der Waals surface area (Å²) in [7, 11) is 1.60. The lowest BCUT2D eigenvalue weighted by Gasteiger charge is -2.34. The fourth-order valence-electron chi connectivity index (χ4n) is 4.11. The molecule has 0 saturated carbocycles. The van der Waals surface area contributed by atoms with E-state index < -0.39 is 0 Å². The number of hydrogen-bond acceptors (Lipinski definition) is 7. The Balaban J connectivity index is 1.44. The Morgan fingerprint density at radius 1 is 1.27 bits per heavy atom. The summed E-state index contributed by atoms with van der Waals surface area (Å²) in [6.07, 6.45) is 2.97. The normalized spacial score (nSPS) is 14.2. The van der Waals surface area contributed by atoms with E-state index in [2.05, 4.69) is 25.9 Å². The zero-order valence-corrected chi connectivity index (χ0v) is 18.5. The highest BCUT2D eigenvalue weighted by Gasteiger charge is 2.29. The number of fused-ring (bicyclic) bond motifs is 1. The Morgan fingerprint density at radius 3 is 2.76 bits per heavy atom. The maximum Gasteiger partial charge on any atom is 0.258 e. The third kappa shape index (κ3) is 5.18. The summed E-state index contributed by atoms with van der Waals surface area (Å²) < 4.78 is 5.21. The molecule has 170 valence electrons. The van der Waals surface area contributed by atoms with E-state index in [1.807, 2.05) is 12.1 Å². The molecule has 33 heavy (non-hydrogen) atoms. The average Bonchev–Trinajstić information content (AvgIpc) is 2.86. The fourth-order valence-corrected chi connectivity index (χ4v) is 4.11. The van der Waals surface area contributed by atoms with Crippen LogP contribution < -0.4 is 10.5 Å². The number of aromatic nitrogens is 3. The van der Waals surface area contributed by atoms with Crippen LogP contribution in [-0.4, -0.2) is 59.1 Å². The molecule has 9 nitrogen and oxygen atoms in total. The summed E-state index contributed by atoms with van der Waals surface area (Å²) in [5, 5.41) is 9.47. The lowest BCUT2D eigenvalue weighted by Crippen LogP contribution is -2.44. The predicted octanol–water partition coefficient (Wildman–Crippen LogP) is 2.08. The van der Waals surface area contributed by atoms with Crippen LogP contribution in [0.4, 0.5) is 5.82 Å². The van der Waals surface area contributed by atoms with Gasteiger partial charge in [-0.3, -0.25) is 9.59 Å². The van der Waals surface area contributed by atoms with Crippen molar-refractivity contribution in [3.8, 4) is 6.07 Å². The minimum absolute atomic E-state index is 0.0373. The van der Waals surface area contributed by atoms with Crippen LogP contribution in [0.2, 0.25) is 0 Å². The second kappa shape index (κ2) is 10.2. The molecule has 1 aromatic carbocycles. The van der Waals surface area contributed by atoms with Crippen molar-refractivity contribution in [1.82, 2.24) is 19.9 Å². The highest BCUT2D eigenvalue weighted by molar-refractivity contribution is 5.79. The minimum atomic E-state index is -0.210. The largest absolute Gasteiger partial charge is 0.383 e. The number of ether oxygens (including phenoxy) is 1. The number of carbonyl (C=O) groups excluding carboxylic acids is 1. The van der Waals surface area contributed by atoms with Crippen molar-refractivity contribution in [2.45, 2.75) is 19.4 Å². The Morgan fingerprint density at radius 2 is 2.06 bits per heavy atom. The first-order valence-corrected chi connectivity index (χ1v) is 11.0. The molecule has 0 radical (unpaired) electrons. The highest BCUT2D eigenvalue weighted by Crippen LogP contribution is 2.24. The number of amides is 1. The number of benzene rings is 1. The molecule has 1 aliphatic rings. The summed E-state index contributed by atoms with van der Waals surface area (Å²) in [4.78, 5) is 41.4. The molecule has 1 saturated heterocycles. The Hall–Kier alpha value is -3.77. The van der Waals surface area contributed by atoms with Crippen LogP contribution in [0.3, 0.4) is 0 Å². The predicted molar refractivity (Wildman–Crippen MR) is 124 cm³/mol. The van der Waals surface area contributed by atoms with E-state index in [0.717, 1.165) is 5.82 Å². The number of pyridine rings is 1. The number of nitriles is 1. The Bertz CT molecular complexity index is 1210. The summed E-state index contributed by atoms with van der Waals surface area (Å²) in [6.45, 7) is 2.46. The number of H-pyrrole nitrogens is 1. The second-order valence-corrected chi connectivity index (χ2v) is 8.06. The first-order chi connectivity index (χ1) is 16.1. The number of nitrogens with one attached hydrogen (secondary N) is 1. The number of methoxy groups -OCH3 is 1.